The van der Waals surface area contributed by atoms with Crippen LogP contribution in [-0.4, -0.2) is 23.4 Å². The summed E-state index contributed by atoms with van der Waals surface area (Å²) < 4.78 is 0. The molecular formula is C12H12N2O3S. The van der Waals surface area contributed by atoms with Crippen LogP contribution in [0.1, 0.15) is 12.5 Å². The van der Waals surface area contributed by atoms with Gasteiger partial charge in [0.25, 0.3) is 0 Å². The van der Waals surface area contributed by atoms with Crippen LogP contribution in [0.3, 0.4) is 0 Å². The number of carbonyl (C=O) groups excluding carboxylic acids is 3. The minimum Gasteiger partial charge on any atom is -0.326 e. The topological polar surface area (TPSA) is 80.5 Å². The lowest BCUT2D eigenvalue weighted by Crippen LogP contribution is -2.43. The molecule has 1 aliphatic heterocycles. The summed E-state index contributed by atoms with van der Waals surface area (Å²) in [6.07, 6.45) is 0. The second-order valence-electron chi connectivity index (χ2n) is 3.89. The van der Waals surface area contributed by atoms with Crippen LogP contribution in [-0.2, 0) is 20.9 Å². The number of imide groups is 1. The molecular weight excluding hydrogens is 252 g/mol. The van der Waals surface area contributed by atoms with Gasteiger partial charge in [0.1, 0.15) is 0 Å². The molecule has 1 aromatic rings. The maximum Gasteiger partial charge on any atom is 0.300 e. The van der Waals surface area contributed by atoms with Crippen LogP contribution in [0.2, 0.25) is 0 Å². The Labute approximate surface area is 108 Å². The van der Waals surface area contributed by atoms with Crippen molar-refractivity contribution in [1.29, 1.82) is 0 Å². The van der Waals surface area contributed by atoms with Crippen molar-refractivity contribution in [1.82, 2.24) is 0 Å². The average molecular weight is 264 g/mol. The second-order valence-corrected chi connectivity index (χ2v) is 4.90. The minimum atomic E-state index is -0.796. The van der Waals surface area contributed by atoms with Crippen LogP contribution in [0.15, 0.2) is 23.1 Å². The first-order chi connectivity index (χ1) is 8.54. The summed E-state index contributed by atoms with van der Waals surface area (Å²) in [5.41, 5.74) is 6.81. The van der Waals surface area contributed by atoms with E-state index in [0.717, 1.165) is 22.3 Å². The van der Waals surface area contributed by atoms with Crippen LogP contribution in [0.25, 0.3) is 0 Å². The lowest BCUT2D eigenvalue weighted by molar-refractivity contribution is -0.137. The number of rotatable bonds is 2. The molecule has 0 saturated heterocycles. The first-order valence-corrected chi connectivity index (χ1v) is 6.36. The summed E-state index contributed by atoms with van der Waals surface area (Å²) in [5.74, 6) is -1.66. The highest BCUT2D eigenvalue weighted by atomic mass is 32.2. The number of thioether (sulfide) groups is 1. The lowest BCUT2D eigenvalue weighted by Gasteiger charge is -2.26. The van der Waals surface area contributed by atoms with E-state index in [1.165, 1.54) is 11.8 Å². The number of nitrogens with zero attached hydrogens (tertiary/aromatic N) is 1. The van der Waals surface area contributed by atoms with E-state index in [1.54, 1.807) is 6.07 Å². The number of fused-ring (bicyclic) bond motifs is 1. The van der Waals surface area contributed by atoms with Crippen molar-refractivity contribution < 1.29 is 14.4 Å². The zero-order valence-corrected chi connectivity index (χ0v) is 10.6. The van der Waals surface area contributed by atoms with Gasteiger partial charge in [-0.1, -0.05) is 6.07 Å². The minimum absolute atomic E-state index is 0.161. The van der Waals surface area contributed by atoms with Crippen LogP contribution in [0.5, 0.6) is 0 Å². The zero-order chi connectivity index (χ0) is 13.3. The van der Waals surface area contributed by atoms with Gasteiger partial charge in [0, 0.05) is 18.4 Å². The highest BCUT2D eigenvalue weighted by Crippen LogP contribution is 2.36. The van der Waals surface area contributed by atoms with E-state index in [0.29, 0.717) is 12.2 Å². The molecule has 0 unspecified atom stereocenters. The third-order valence-corrected chi connectivity index (χ3v) is 3.65. The number of anilines is 1. The van der Waals surface area contributed by atoms with Gasteiger partial charge in [0.15, 0.2) is 0 Å². The molecule has 0 atom stereocenters. The molecule has 94 valence electrons. The maximum atomic E-state index is 11.8. The average Bonchev–Trinajstić information content (AvgIpc) is 2.37. The predicted octanol–water partition coefficient (Wildman–Crippen LogP) is 0.700. The van der Waals surface area contributed by atoms with E-state index < -0.39 is 11.7 Å². The van der Waals surface area contributed by atoms with E-state index >= 15 is 0 Å². The van der Waals surface area contributed by atoms with Gasteiger partial charge in [-0.05, 0) is 17.7 Å². The molecule has 0 spiro atoms. The van der Waals surface area contributed by atoms with Gasteiger partial charge in [-0.25, -0.2) is 4.90 Å². The molecule has 0 aromatic heterocycles. The Morgan fingerprint density at radius 3 is 2.78 bits per heavy atom. The molecule has 2 rings (SSSR count). The number of nitrogens with two attached hydrogens (primary N) is 1. The van der Waals surface area contributed by atoms with Crippen LogP contribution in [0, 0.1) is 0 Å². The Morgan fingerprint density at radius 2 is 2.17 bits per heavy atom. The van der Waals surface area contributed by atoms with Crippen molar-refractivity contribution in [2.24, 2.45) is 5.73 Å². The number of ketones is 1. The van der Waals surface area contributed by atoms with Gasteiger partial charge in [0.2, 0.25) is 11.7 Å². The molecule has 0 bridgehead atoms. The fourth-order valence-electron chi connectivity index (χ4n) is 1.71. The number of amides is 2. The Morgan fingerprint density at radius 1 is 1.44 bits per heavy atom. The van der Waals surface area contributed by atoms with E-state index in [-0.39, 0.29) is 11.7 Å². The first-order valence-electron chi connectivity index (χ1n) is 5.38. The Balaban J connectivity index is 2.52. The summed E-state index contributed by atoms with van der Waals surface area (Å²) in [6.45, 7) is 1.47. The molecule has 2 N–H and O–H groups in total. The third kappa shape index (κ3) is 2.16. The van der Waals surface area contributed by atoms with Crippen LogP contribution in [0.4, 0.5) is 5.69 Å². The molecule has 5 nitrogen and oxygen atoms in total. The Hall–Kier alpha value is -1.66. The number of hydrogen-bond acceptors (Lipinski definition) is 5. The van der Waals surface area contributed by atoms with Gasteiger partial charge in [0.05, 0.1) is 11.4 Å². The van der Waals surface area contributed by atoms with E-state index in [9.17, 15) is 14.4 Å². The van der Waals surface area contributed by atoms with Crippen molar-refractivity contribution in [3.05, 3.63) is 23.8 Å². The zero-order valence-electron chi connectivity index (χ0n) is 9.80. The largest absolute Gasteiger partial charge is 0.326 e. The summed E-state index contributed by atoms with van der Waals surface area (Å²) >= 11 is 1.35. The summed E-state index contributed by atoms with van der Waals surface area (Å²) in [6, 6.07) is 5.34. The van der Waals surface area contributed by atoms with Crippen molar-refractivity contribution in [3.8, 4) is 0 Å². The molecule has 18 heavy (non-hydrogen) atoms. The van der Waals surface area contributed by atoms with Crippen molar-refractivity contribution in [2.75, 3.05) is 10.7 Å². The predicted molar refractivity (Wildman–Crippen MR) is 68.2 cm³/mol. The molecule has 1 aliphatic rings. The smallest absolute Gasteiger partial charge is 0.300 e. The van der Waals surface area contributed by atoms with Gasteiger partial charge in [-0.2, -0.15) is 0 Å². The molecule has 0 aliphatic carbocycles. The highest BCUT2D eigenvalue weighted by molar-refractivity contribution is 8.00. The Bertz CT molecular complexity index is 542. The van der Waals surface area contributed by atoms with E-state index in [2.05, 4.69) is 0 Å². The molecule has 6 heteroatoms. The Kier molecular flexibility index (Phi) is 3.49. The van der Waals surface area contributed by atoms with E-state index in [4.69, 9.17) is 5.73 Å². The van der Waals surface area contributed by atoms with Gasteiger partial charge in [-0.15, -0.1) is 11.8 Å². The second kappa shape index (κ2) is 4.91. The lowest BCUT2D eigenvalue weighted by atomic mass is 10.1. The molecule has 0 saturated carbocycles. The number of hydrogen-bond donors (Lipinski definition) is 1. The van der Waals surface area contributed by atoms with Gasteiger partial charge < -0.3 is 5.73 Å². The summed E-state index contributed by atoms with van der Waals surface area (Å²) in [7, 11) is 0. The molecule has 2 amide bonds. The molecule has 0 fully saturated rings. The van der Waals surface area contributed by atoms with Crippen LogP contribution < -0.4 is 10.6 Å². The third-order valence-electron chi connectivity index (χ3n) is 2.60. The molecule has 0 radical (unpaired) electrons. The van der Waals surface area contributed by atoms with Gasteiger partial charge in [-0.3, -0.25) is 14.4 Å². The number of carbonyl (C=O) groups is 3. The molecule has 1 heterocycles. The van der Waals surface area contributed by atoms with Gasteiger partial charge >= 0.3 is 5.91 Å². The van der Waals surface area contributed by atoms with Crippen molar-refractivity contribution in [2.45, 2.75) is 18.4 Å². The number of Topliss-reactive ketones (excluding diaryl/α,β-unsaturated/α-hetero) is 1. The molecule has 1 aromatic carbocycles. The van der Waals surface area contributed by atoms with Crippen molar-refractivity contribution in [3.63, 3.8) is 0 Å². The fourth-order valence-corrected chi connectivity index (χ4v) is 2.58. The SMILES string of the molecule is CC(=O)C(=O)N1C(=O)CSc2ccc(CN)cc21. The highest BCUT2D eigenvalue weighted by Gasteiger charge is 2.32. The maximum absolute atomic E-state index is 11.8. The van der Waals surface area contributed by atoms with E-state index in [1.807, 2.05) is 12.1 Å². The standard InChI is InChI=1S/C12H12N2O3S/c1-7(15)12(17)14-9-4-8(5-13)2-3-10(9)18-6-11(14)16/h2-4H,5-6,13H2,1H3. The van der Waals surface area contributed by atoms with Crippen molar-refractivity contribution >= 4 is 35.0 Å². The van der Waals surface area contributed by atoms with Crippen LogP contribution >= 0.6 is 11.8 Å². The summed E-state index contributed by atoms with van der Waals surface area (Å²) in [5, 5.41) is 0. The quantitative estimate of drug-likeness (QED) is 0.795. The fraction of sp³-hybridized carbons (Fsp3) is 0.250. The monoisotopic (exact) mass is 264 g/mol. The normalized spacial score (nSPS) is 14.3. The summed E-state index contributed by atoms with van der Waals surface area (Å²) in [4.78, 5) is 36.5. The first kappa shape index (κ1) is 12.8. The number of benzene rings is 1.